The van der Waals surface area contributed by atoms with Crippen LogP contribution in [-0.4, -0.2) is 54.4 Å². The van der Waals surface area contributed by atoms with E-state index in [1.54, 1.807) is 0 Å². The summed E-state index contributed by atoms with van der Waals surface area (Å²) in [5, 5.41) is 10.7. The lowest BCUT2D eigenvalue weighted by Crippen LogP contribution is -2.34. The van der Waals surface area contributed by atoms with E-state index in [1.165, 1.54) is 39.0 Å². The maximum atomic E-state index is 10.6. The van der Waals surface area contributed by atoms with E-state index in [4.69, 9.17) is 9.90 Å². The number of carbonyl (C=O) groups is 1. The van der Waals surface area contributed by atoms with Gasteiger partial charge in [0.1, 0.15) is 0 Å². The number of alkyl halides is 3. The zero-order valence-electron chi connectivity index (χ0n) is 8.76. The SMILES string of the molecule is C1CN2CCC(CC2)N1.O=C(O)C(F)(F)F. The van der Waals surface area contributed by atoms with Crippen molar-refractivity contribution in [1.82, 2.24) is 10.2 Å². The summed E-state index contributed by atoms with van der Waals surface area (Å²) in [6.07, 6.45) is -2.33. The standard InChI is InChI=1S/C7H14N2.C2HF3O2/c1-4-9-5-2-7(1)8-3-6-9;3-2(4,5)1(6)7/h7-8H,1-6H2;(H,6,7). The van der Waals surface area contributed by atoms with Gasteiger partial charge in [-0.2, -0.15) is 13.2 Å². The molecule has 0 spiro atoms. The van der Waals surface area contributed by atoms with Crippen LogP contribution in [0.2, 0.25) is 0 Å². The first-order chi connectivity index (χ1) is 7.39. The first kappa shape index (κ1) is 13.2. The Hall–Kier alpha value is -0.820. The summed E-state index contributed by atoms with van der Waals surface area (Å²) in [4.78, 5) is 11.4. The van der Waals surface area contributed by atoms with E-state index >= 15 is 0 Å². The lowest BCUT2D eigenvalue weighted by molar-refractivity contribution is -0.192. The molecule has 0 aromatic heterocycles. The lowest BCUT2D eigenvalue weighted by Gasteiger charge is -2.25. The van der Waals surface area contributed by atoms with Crippen LogP contribution in [0.3, 0.4) is 0 Å². The van der Waals surface area contributed by atoms with Gasteiger partial charge in [-0.1, -0.05) is 0 Å². The number of hydrogen-bond donors (Lipinski definition) is 2. The zero-order chi connectivity index (χ0) is 12.2. The van der Waals surface area contributed by atoms with Crippen LogP contribution in [-0.2, 0) is 4.79 Å². The van der Waals surface area contributed by atoms with Crippen LogP contribution in [0.25, 0.3) is 0 Å². The van der Waals surface area contributed by atoms with Crippen molar-refractivity contribution in [3.63, 3.8) is 0 Å². The number of carboxylic acids is 1. The molecule has 0 aliphatic carbocycles. The highest BCUT2D eigenvalue weighted by molar-refractivity contribution is 5.73. The molecule has 0 amide bonds. The van der Waals surface area contributed by atoms with Gasteiger partial charge in [-0.25, -0.2) is 4.79 Å². The molecule has 16 heavy (non-hydrogen) atoms. The van der Waals surface area contributed by atoms with E-state index in [0.717, 1.165) is 6.04 Å². The predicted molar refractivity (Wildman–Crippen MR) is 51.2 cm³/mol. The van der Waals surface area contributed by atoms with Gasteiger partial charge in [-0.15, -0.1) is 0 Å². The zero-order valence-corrected chi connectivity index (χ0v) is 8.76. The summed E-state index contributed by atoms with van der Waals surface area (Å²) in [7, 11) is 0. The molecule has 0 radical (unpaired) electrons. The van der Waals surface area contributed by atoms with E-state index in [-0.39, 0.29) is 0 Å². The minimum absolute atomic E-state index is 0.851. The number of aliphatic carboxylic acids is 1. The van der Waals surface area contributed by atoms with E-state index in [9.17, 15) is 13.2 Å². The van der Waals surface area contributed by atoms with E-state index in [1.807, 2.05) is 0 Å². The van der Waals surface area contributed by atoms with Gasteiger partial charge >= 0.3 is 12.1 Å². The van der Waals surface area contributed by atoms with Gasteiger partial charge in [0.2, 0.25) is 0 Å². The highest BCUT2D eigenvalue weighted by Crippen LogP contribution is 2.13. The Kier molecular flexibility index (Phi) is 4.55. The summed E-state index contributed by atoms with van der Waals surface area (Å²) in [6, 6.07) is 0.851. The van der Waals surface area contributed by atoms with Crippen LogP contribution >= 0.6 is 0 Å². The van der Waals surface area contributed by atoms with Crippen LogP contribution in [0, 0.1) is 0 Å². The normalized spacial score (nSPS) is 28.9. The van der Waals surface area contributed by atoms with Crippen molar-refractivity contribution in [2.45, 2.75) is 25.1 Å². The molecule has 2 N–H and O–H groups in total. The van der Waals surface area contributed by atoms with Crippen molar-refractivity contribution in [2.75, 3.05) is 26.2 Å². The molecule has 7 heteroatoms. The largest absolute Gasteiger partial charge is 0.490 e. The number of carboxylic acid groups (broad SMARTS) is 1. The van der Waals surface area contributed by atoms with Crippen molar-refractivity contribution >= 4 is 5.97 Å². The Morgan fingerprint density at radius 2 is 1.75 bits per heavy atom. The second-order valence-corrected chi connectivity index (χ2v) is 3.87. The summed E-state index contributed by atoms with van der Waals surface area (Å²) < 4.78 is 31.7. The van der Waals surface area contributed by atoms with Crippen molar-refractivity contribution in [2.24, 2.45) is 0 Å². The molecule has 3 saturated heterocycles. The van der Waals surface area contributed by atoms with E-state index in [2.05, 4.69) is 10.2 Å². The minimum atomic E-state index is -5.08. The monoisotopic (exact) mass is 240 g/mol. The number of piperidine rings is 1. The third-order valence-electron chi connectivity index (χ3n) is 2.69. The summed E-state index contributed by atoms with van der Waals surface area (Å²) >= 11 is 0. The molecule has 3 heterocycles. The van der Waals surface area contributed by atoms with Gasteiger partial charge in [-0.05, 0) is 25.9 Å². The Labute approximate surface area is 91.4 Å². The van der Waals surface area contributed by atoms with Crippen LogP contribution in [0.5, 0.6) is 0 Å². The lowest BCUT2D eigenvalue weighted by atomic mass is 10.1. The van der Waals surface area contributed by atoms with Gasteiger partial charge in [0.15, 0.2) is 0 Å². The second kappa shape index (κ2) is 5.49. The molecule has 0 aromatic carbocycles. The molecule has 3 fully saturated rings. The fourth-order valence-corrected chi connectivity index (χ4v) is 1.79. The van der Waals surface area contributed by atoms with Crippen molar-refractivity contribution in [1.29, 1.82) is 0 Å². The number of fused-ring (bicyclic) bond motifs is 4. The van der Waals surface area contributed by atoms with Crippen molar-refractivity contribution in [3.8, 4) is 0 Å². The molecule has 3 rings (SSSR count). The molecule has 3 aliphatic heterocycles. The average Bonchev–Trinajstić information content (AvgIpc) is 2.53. The number of rotatable bonds is 0. The molecule has 94 valence electrons. The Balaban J connectivity index is 0.000000168. The fourth-order valence-electron chi connectivity index (χ4n) is 1.79. The molecule has 4 nitrogen and oxygen atoms in total. The molecule has 0 atom stereocenters. The smallest absolute Gasteiger partial charge is 0.475 e. The van der Waals surface area contributed by atoms with E-state index in [0.29, 0.717) is 0 Å². The third kappa shape index (κ3) is 4.36. The Morgan fingerprint density at radius 3 is 2.19 bits per heavy atom. The van der Waals surface area contributed by atoms with Gasteiger partial charge in [0, 0.05) is 19.1 Å². The molecule has 0 aromatic rings. The second-order valence-electron chi connectivity index (χ2n) is 3.87. The van der Waals surface area contributed by atoms with Crippen molar-refractivity contribution in [3.05, 3.63) is 0 Å². The minimum Gasteiger partial charge on any atom is -0.475 e. The van der Waals surface area contributed by atoms with Gasteiger partial charge in [0.25, 0.3) is 0 Å². The number of nitrogens with one attached hydrogen (secondary N) is 1. The third-order valence-corrected chi connectivity index (χ3v) is 2.69. The van der Waals surface area contributed by atoms with E-state index < -0.39 is 12.1 Å². The van der Waals surface area contributed by atoms with Gasteiger partial charge in [0.05, 0.1) is 0 Å². The average molecular weight is 240 g/mol. The maximum Gasteiger partial charge on any atom is 0.490 e. The summed E-state index contributed by atoms with van der Waals surface area (Å²) in [6.45, 7) is 5.15. The first-order valence-corrected chi connectivity index (χ1v) is 5.15. The van der Waals surface area contributed by atoms with Crippen LogP contribution in [0.4, 0.5) is 13.2 Å². The molecule has 0 saturated carbocycles. The topological polar surface area (TPSA) is 52.6 Å². The molecular weight excluding hydrogens is 225 g/mol. The summed E-state index contributed by atoms with van der Waals surface area (Å²) in [5.74, 6) is -2.76. The Morgan fingerprint density at radius 1 is 1.25 bits per heavy atom. The van der Waals surface area contributed by atoms with Crippen LogP contribution < -0.4 is 5.32 Å². The number of hydrogen-bond acceptors (Lipinski definition) is 3. The van der Waals surface area contributed by atoms with Gasteiger partial charge < -0.3 is 15.3 Å². The number of nitrogens with zero attached hydrogens (tertiary/aromatic N) is 1. The van der Waals surface area contributed by atoms with Crippen LogP contribution in [0.15, 0.2) is 0 Å². The molecule has 0 unspecified atom stereocenters. The molecular formula is C9H15F3N2O2. The fraction of sp³-hybridized carbons (Fsp3) is 0.889. The van der Waals surface area contributed by atoms with Crippen LogP contribution in [0.1, 0.15) is 12.8 Å². The van der Waals surface area contributed by atoms with Gasteiger partial charge in [-0.3, -0.25) is 0 Å². The first-order valence-electron chi connectivity index (χ1n) is 5.15. The highest BCUT2D eigenvalue weighted by Gasteiger charge is 2.38. The summed E-state index contributed by atoms with van der Waals surface area (Å²) in [5.41, 5.74) is 0. The molecule has 2 bridgehead atoms. The maximum absolute atomic E-state index is 10.6. The van der Waals surface area contributed by atoms with Crippen molar-refractivity contribution < 1.29 is 23.1 Å². The number of halogens is 3. The Bertz CT molecular complexity index is 220. The quantitative estimate of drug-likeness (QED) is 0.654. The highest BCUT2D eigenvalue weighted by atomic mass is 19.4. The molecule has 3 aliphatic rings. The predicted octanol–water partition coefficient (Wildman–Crippen LogP) is 0.687.